The van der Waals surface area contributed by atoms with Crippen molar-refractivity contribution in [1.29, 1.82) is 0 Å². The summed E-state index contributed by atoms with van der Waals surface area (Å²) in [4.78, 5) is 0. The van der Waals surface area contributed by atoms with Crippen LogP contribution in [-0.4, -0.2) is 6.71 Å². The molecule has 0 saturated heterocycles. The standard InChI is InChI=1S/C23H23B/c1-23(2,3)24-20-15-9-7-13-18(20)22(17-11-5-4-6-12-17)19-14-8-10-16-21(19)24/h4-16,22H,1-3H3/i4D,5D,6D,7D,8D,9D,10D,11D,12D,13D,14D,15D,16D. The highest BCUT2D eigenvalue weighted by molar-refractivity contribution is 6.88. The summed E-state index contributed by atoms with van der Waals surface area (Å²) in [5.41, 5.74) is -0.236. The Bertz CT molecular complexity index is 1410. The topological polar surface area (TPSA) is 0 Å². The molecule has 1 heterocycles. The van der Waals surface area contributed by atoms with Gasteiger partial charge in [-0.25, -0.2) is 0 Å². The lowest BCUT2D eigenvalue weighted by atomic mass is 9.25. The second-order valence-corrected chi connectivity index (χ2v) is 6.93. The number of benzene rings is 3. The van der Waals surface area contributed by atoms with Crippen LogP contribution in [0.15, 0.2) is 78.6 Å². The van der Waals surface area contributed by atoms with Crippen molar-refractivity contribution < 1.29 is 17.8 Å². The summed E-state index contributed by atoms with van der Waals surface area (Å²) in [7, 11) is 0. The Morgan fingerprint density at radius 3 is 1.67 bits per heavy atom. The summed E-state index contributed by atoms with van der Waals surface area (Å²) in [6, 6.07) is -7.16. The molecule has 0 radical (unpaired) electrons. The van der Waals surface area contributed by atoms with E-state index in [0.717, 1.165) is 0 Å². The predicted molar refractivity (Wildman–Crippen MR) is 105 cm³/mol. The molecule has 118 valence electrons. The monoisotopic (exact) mass is 323 g/mol. The Morgan fingerprint density at radius 2 is 1.17 bits per heavy atom. The number of rotatable bonds is 1. The molecule has 1 aliphatic heterocycles. The van der Waals surface area contributed by atoms with E-state index in [9.17, 15) is 0 Å². The largest absolute Gasteiger partial charge is 0.215 e. The van der Waals surface area contributed by atoms with Gasteiger partial charge in [0.25, 0.3) is 0 Å². The van der Waals surface area contributed by atoms with Gasteiger partial charge in [-0.05, 0) is 16.7 Å². The zero-order valence-corrected chi connectivity index (χ0v) is 13.7. The van der Waals surface area contributed by atoms with Crippen LogP contribution in [0.2, 0.25) is 5.31 Å². The maximum absolute atomic E-state index is 8.80. The van der Waals surface area contributed by atoms with Crippen molar-refractivity contribution in [2.45, 2.75) is 32.0 Å². The highest BCUT2D eigenvalue weighted by atomic mass is 14.3. The molecule has 0 N–H and O–H groups in total. The average Bonchev–Trinajstić information content (AvgIpc) is 2.84. The number of hydrogen-bond acceptors (Lipinski definition) is 0. The summed E-state index contributed by atoms with van der Waals surface area (Å²) >= 11 is 0. The van der Waals surface area contributed by atoms with Gasteiger partial charge in [0.15, 0.2) is 0 Å². The molecule has 0 bridgehead atoms. The SMILES string of the molecule is [2H]c1c([2H])c([2H])c(C2c3c([2H])c([2H])c([2H])c([2H])c3B(C(C)(C)C)c3c([2H])c([2H])c([2H])c([2H])c32)c([2H])c1[2H]. The fourth-order valence-corrected chi connectivity index (χ4v) is 3.42. The quantitative estimate of drug-likeness (QED) is 0.575. The lowest BCUT2D eigenvalue weighted by Gasteiger charge is -2.39. The first-order valence-electron chi connectivity index (χ1n) is 14.2. The van der Waals surface area contributed by atoms with Crippen molar-refractivity contribution in [2.75, 3.05) is 0 Å². The van der Waals surface area contributed by atoms with Crippen LogP contribution in [0.25, 0.3) is 0 Å². The van der Waals surface area contributed by atoms with E-state index in [4.69, 9.17) is 17.8 Å². The average molecular weight is 323 g/mol. The molecular weight excluding hydrogens is 287 g/mol. The molecule has 0 atom stereocenters. The Morgan fingerprint density at radius 1 is 0.708 bits per heavy atom. The van der Waals surface area contributed by atoms with Gasteiger partial charge >= 0.3 is 0 Å². The fraction of sp³-hybridized carbons (Fsp3) is 0.217. The first kappa shape index (κ1) is 6.56. The lowest BCUT2D eigenvalue weighted by Crippen LogP contribution is -2.55. The molecule has 0 fully saturated rings. The summed E-state index contributed by atoms with van der Waals surface area (Å²) in [6.07, 6.45) is 0. The van der Waals surface area contributed by atoms with Crippen LogP contribution in [0.1, 0.15) is 61.2 Å². The van der Waals surface area contributed by atoms with Crippen LogP contribution in [0.4, 0.5) is 0 Å². The third-order valence-electron chi connectivity index (χ3n) is 4.32. The third-order valence-corrected chi connectivity index (χ3v) is 4.32. The molecule has 4 rings (SSSR count). The van der Waals surface area contributed by atoms with E-state index in [1.165, 1.54) is 0 Å². The van der Waals surface area contributed by atoms with Crippen LogP contribution in [0, 0.1) is 0 Å². The summed E-state index contributed by atoms with van der Waals surface area (Å²) < 4.78 is 110. The molecule has 0 aromatic heterocycles. The van der Waals surface area contributed by atoms with Crippen LogP contribution >= 0.6 is 0 Å². The minimum absolute atomic E-state index is 0.0537. The first-order valence-corrected chi connectivity index (χ1v) is 7.73. The van der Waals surface area contributed by atoms with Gasteiger partial charge in [0.1, 0.15) is 0 Å². The van der Waals surface area contributed by atoms with E-state index in [-0.39, 0.29) is 27.6 Å². The van der Waals surface area contributed by atoms with Crippen LogP contribution in [0.5, 0.6) is 0 Å². The molecule has 0 saturated carbocycles. The minimum Gasteiger partial charge on any atom is -0.0695 e. The maximum atomic E-state index is 8.80. The molecule has 1 aliphatic rings. The van der Waals surface area contributed by atoms with Gasteiger partial charge in [-0.1, -0.05) is 116 Å². The van der Waals surface area contributed by atoms with E-state index in [0.29, 0.717) is 0 Å². The zero-order chi connectivity index (χ0) is 28.0. The summed E-state index contributed by atoms with van der Waals surface area (Å²) in [5, 5.41) is -0.787. The van der Waals surface area contributed by atoms with Crippen molar-refractivity contribution in [1.82, 2.24) is 0 Å². The minimum atomic E-state index is -1.46. The summed E-state index contributed by atoms with van der Waals surface area (Å²) in [5.74, 6) is -1.46. The van der Waals surface area contributed by atoms with Crippen LogP contribution in [-0.2, 0) is 0 Å². The van der Waals surface area contributed by atoms with Crippen molar-refractivity contribution in [3.8, 4) is 0 Å². The van der Waals surface area contributed by atoms with Gasteiger partial charge < -0.3 is 0 Å². The van der Waals surface area contributed by atoms with E-state index >= 15 is 0 Å². The second kappa shape index (κ2) is 5.67. The Hall–Kier alpha value is -2.28. The molecule has 24 heavy (non-hydrogen) atoms. The third kappa shape index (κ3) is 2.40. The molecule has 0 aliphatic carbocycles. The van der Waals surface area contributed by atoms with Crippen LogP contribution < -0.4 is 10.9 Å². The normalized spacial score (nSPS) is 21.8. The van der Waals surface area contributed by atoms with Crippen LogP contribution in [0.3, 0.4) is 0 Å². The Kier molecular flexibility index (Phi) is 1.55. The van der Waals surface area contributed by atoms with Gasteiger partial charge in [-0.2, -0.15) is 0 Å². The van der Waals surface area contributed by atoms with E-state index in [2.05, 4.69) is 0 Å². The van der Waals surface area contributed by atoms with E-state index in [1.54, 1.807) is 20.8 Å². The predicted octanol–water partition coefficient (Wildman–Crippen LogP) is 4.59. The van der Waals surface area contributed by atoms with Gasteiger partial charge in [0, 0.05) is 5.92 Å². The van der Waals surface area contributed by atoms with Gasteiger partial charge in [0.05, 0.1) is 17.8 Å². The lowest BCUT2D eigenvalue weighted by molar-refractivity contribution is 0.747. The number of fused-ring (bicyclic) bond motifs is 2. The van der Waals surface area contributed by atoms with Crippen molar-refractivity contribution in [3.05, 3.63) is 95.2 Å². The highest BCUT2D eigenvalue weighted by Gasteiger charge is 2.40. The zero-order valence-electron chi connectivity index (χ0n) is 26.7. The first-order chi connectivity index (χ1) is 17.0. The van der Waals surface area contributed by atoms with Gasteiger partial charge in [-0.3, -0.25) is 0 Å². The number of hydrogen-bond donors (Lipinski definition) is 0. The van der Waals surface area contributed by atoms with E-state index in [1.807, 2.05) is 0 Å². The van der Waals surface area contributed by atoms with Crippen molar-refractivity contribution in [2.24, 2.45) is 0 Å². The van der Waals surface area contributed by atoms with E-state index < -0.39 is 96.5 Å². The van der Waals surface area contributed by atoms with Crippen molar-refractivity contribution >= 4 is 17.6 Å². The molecule has 0 nitrogen and oxygen atoms in total. The fourth-order valence-electron chi connectivity index (χ4n) is 3.42. The molecule has 0 spiro atoms. The maximum Gasteiger partial charge on any atom is 0.215 e. The van der Waals surface area contributed by atoms with Gasteiger partial charge in [-0.15, -0.1) is 0 Å². The molecule has 0 unspecified atom stereocenters. The second-order valence-electron chi connectivity index (χ2n) is 6.93. The molecule has 3 aromatic rings. The van der Waals surface area contributed by atoms with Gasteiger partial charge in [0.2, 0.25) is 6.71 Å². The summed E-state index contributed by atoms with van der Waals surface area (Å²) in [6.45, 7) is 4.47. The van der Waals surface area contributed by atoms with Crippen molar-refractivity contribution in [3.63, 3.8) is 0 Å². The Balaban J connectivity index is 2.38. The molecular formula is C23H23B. The molecule has 1 heteroatoms. The smallest absolute Gasteiger partial charge is 0.0695 e. The molecule has 3 aromatic carbocycles. The molecule has 0 amide bonds. The Labute approximate surface area is 163 Å². The highest BCUT2D eigenvalue weighted by Crippen LogP contribution is 2.38.